The summed E-state index contributed by atoms with van der Waals surface area (Å²) in [5.74, 6) is -0.493. The van der Waals surface area contributed by atoms with Crippen molar-refractivity contribution in [2.24, 2.45) is 0 Å². The molecule has 8 nitrogen and oxygen atoms in total. The first-order valence-corrected chi connectivity index (χ1v) is 11.3. The van der Waals surface area contributed by atoms with Gasteiger partial charge in [-0.3, -0.25) is 9.59 Å². The summed E-state index contributed by atoms with van der Waals surface area (Å²) in [5, 5.41) is 2.76. The zero-order valence-electron chi connectivity index (χ0n) is 19.1. The van der Waals surface area contributed by atoms with Crippen molar-refractivity contribution in [1.29, 1.82) is 0 Å². The molecule has 0 aromatic heterocycles. The number of para-hydroxylation sites is 1. The summed E-state index contributed by atoms with van der Waals surface area (Å²) in [6.45, 7) is 3.22. The predicted octanol–water partition coefficient (Wildman–Crippen LogP) is 3.81. The number of nitrogens with one attached hydrogen (secondary N) is 1. The number of esters is 1. The van der Waals surface area contributed by atoms with Crippen LogP contribution in [0.1, 0.15) is 29.8 Å². The summed E-state index contributed by atoms with van der Waals surface area (Å²) in [6.07, 6.45) is 0. The van der Waals surface area contributed by atoms with E-state index < -0.39 is 18.7 Å². The number of amides is 3. The Balaban J connectivity index is 1.84. The first kappa shape index (κ1) is 25.3. The number of benzene rings is 2. The molecule has 3 amide bonds. The van der Waals surface area contributed by atoms with E-state index in [4.69, 9.17) is 21.1 Å². The fraction of sp³-hybridized carbons (Fsp3) is 0.375. The van der Waals surface area contributed by atoms with E-state index in [0.29, 0.717) is 11.4 Å². The molecule has 1 aliphatic heterocycles. The number of fused-ring (bicyclic) bond motifs is 1. The van der Waals surface area contributed by atoms with Gasteiger partial charge in [0.2, 0.25) is 0 Å². The zero-order chi connectivity index (χ0) is 24.7. The monoisotopic (exact) mass is 491 g/mol. The fourth-order valence-electron chi connectivity index (χ4n) is 3.69. The molecule has 1 atom stereocenters. The number of anilines is 1. The van der Waals surface area contributed by atoms with Crippen molar-refractivity contribution in [1.82, 2.24) is 10.2 Å². The topological polar surface area (TPSA) is 88.2 Å². The maximum atomic E-state index is 13.5. The lowest BCUT2D eigenvalue weighted by atomic mass is 10.1. The smallest absolute Gasteiger partial charge is 0.325 e. The van der Waals surface area contributed by atoms with Gasteiger partial charge in [0, 0.05) is 24.8 Å². The number of nitrogens with zero attached hydrogens (tertiary/aromatic N) is 2. The Morgan fingerprint density at radius 2 is 1.97 bits per heavy atom. The maximum Gasteiger partial charge on any atom is 0.325 e. The molecule has 2 aromatic carbocycles. The third-order valence-corrected chi connectivity index (χ3v) is 5.63. The predicted molar refractivity (Wildman–Crippen MR) is 126 cm³/mol. The molecule has 0 saturated carbocycles. The number of hydrogen-bond acceptors (Lipinski definition) is 5. The van der Waals surface area contributed by atoms with Crippen LogP contribution in [0.5, 0.6) is 5.75 Å². The van der Waals surface area contributed by atoms with E-state index in [9.17, 15) is 18.8 Å². The normalized spacial score (nSPS) is 15.2. The third kappa shape index (κ3) is 5.96. The lowest BCUT2D eigenvalue weighted by Gasteiger charge is -2.29. The molecule has 3 rings (SSSR count). The van der Waals surface area contributed by atoms with Gasteiger partial charge in [-0.25, -0.2) is 9.18 Å². The molecule has 0 fully saturated rings. The van der Waals surface area contributed by atoms with Gasteiger partial charge in [-0.05, 0) is 43.7 Å². The molecule has 0 aliphatic carbocycles. The van der Waals surface area contributed by atoms with Gasteiger partial charge < -0.3 is 24.6 Å². The summed E-state index contributed by atoms with van der Waals surface area (Å²) >= 11 is 6.36. The lowest BCUT2D eigenvalue weighted by Crippen LogP contribution is -2.49. The molecular weight excluding hydrogens is 465 g/mol. The molecule has 0 radical (unpaired) electrons. The Labute approximate surface area is 202 Å². The highest BCUT2D eigenvalue weighted by Gasteiger charge is 2.32. The highest BCUT2D eigenvalue weighted by molar-refractivity contribution is 6.34. The van der Waals surface area contributed by atoms with Crippen molar-refractivity contribution in [2.45, 2.75) is 26.4 Å². The second kappa shape index (κ2) is 11.7. The number of urea groups is 1. The molecule has 1 aliphatic rings. The molecule has 1 N–H and O–H groups in total. The molecule has 34 heavy (non-hydrogen) atoms. The summed E-state index contributed by atoms with van der Waals surface area (Å²) in [7, 11) is 0. The van der Waals surface area contributed by atoms with Gasteiger partial charge in [0.15, 0.2) is 0 Å². The summed E-state index contributed by atoms with van der Waals surface area (Å²) < 4.78 is 22.5. The molecule has 0 spiro atoms. The molecule has 182 valence electrons. The number of carbonyl (C=O) groups excluding carboxylic acids is 3. The van der Waals surface area contributed by atoms with Crippen molar-refractivity contribution in [3.8, 4) is 5.75 Å². The summed E-state index contributed by atoms with van der Waals surface area (Å²) in [4.78, 5) is 41.2. The Bertz CT molecular complexity index is 1050. The second-order valence-electron chi connectivity index (χ2n) is 7.66. The van der Waals surface area contributed by atoms with E-state index in [2.05, 4.69) is 5.32 Å². The Kier molecular flexibility index (Phi) is 8.70. The van der Waals surface area contributed by atoms with Gasteiger partial charge in [-0.15, -0.1) is 0 Å². The van der Waals surface area contributed by atoms with Gasteiger partial charge in [-0.1, -0.05) is 29.8 Å². The van der Waals surface area contributed by atoms with Crippen LogP contribution < -0.4 is 15.0 Å². The largest absolute Gasteiger partial charge is 0.491 e. The number of carbonyl (C=O) groups is 3. The number of rotatable bonds is 7. The first-order valence-electron chi connectivity index (χ1n) is 10.9. The van der Waals surface area contributed by atoms with Crippen LogP contribution in [0.2, 0.25) is 5.02 Å². The van der Waals surface area contributed by atoms with Crippen LogP contribution in [-0.2, 0) is 16.1 Å². The molecule has 0 bridgehead atoms. The SMILES string of the molecule is CCOC(=O)CNC(=O)N1Cc2ccccc2N(C(=O)c2ccc(OCCF)cc2Cl)C[C@H]1C. The molecule has 2 aromatic rings. The van der Waals surface area contributed by atoms with E-state index in [1.165, 1.54) is 6.07 Å². The van der Waals surface area contributed by atoms with E-state index in [1.807, 2.05) is 31.2 Å². The number of halogens is 2. The minimum atomic E-state index is -0.634. The quantitative estimate of drug-likeness (QED) is 0.595. The summed E-state index contributed by atoms with van der Waals surface area (Å²) in [6, 6.07) is 11.1. The molecule has 0 saturated heterocycles. The van der Waals surface area contributed by atoms with Crippen LogP contribution in [0.4, 0.5) is 14.9 Å². The van der Waals surface area contributed by atoms with Gasteiger partial charge in [-0.2, -0.15) is 0 Å². The van der Waals surface area contributed by atoms with Crippen molar-refractivity contribution < 1.29 is 28.2 Å². The molecular formula is C24H27ClFN3O5. The van der Waals surface area contributed by atoms with Crippen LogP contribution in [0.15, 0.2) is 42.5 Å². The van der Waals surface area contributed by atoms with E-state index in [1.54, 1.807) is 28.9 Å². The van der Waals surface area contributed by atoms with Crippen molar-refractivity contribution in [3.63, 3.8) is 0 Å². The van der Waals surface area contributed by atoms with E-state index in [0.717, 1.165) is 5.56 Å². The Morgan fingerprint density at radius 3 is 2.68 bits per heavy atom. The third-order valence-electron chi connectivity index (χ3n) is 5.31. The summed E-state index contributed by atoms with van der Waals surface area (Å²) in [5.41, 5.74) is 1.69. The second-order valence-corrected chi connectivity index (χ2v) is 8.07. The van der Waals surface area contributed by atoms with E-state index >= 15 is 0 Å². The molecule has 10 heteroatoms. The Hall–Kier alpha value is -3.33. The van der Waals surface area contributed by atoms with Gasteiger partial charge in [0.05, 0.1) is 17.2 Å². The minimum Gasteiger partial charge on any atom is -0.491 e. The lowest BCUT2D eigenvalue weighted by molar-refractivity contribution is -0.141. The highest BCUT2D eigenvalue weighted by atomic mass is 35.5. The first-order chi connectivity index (χ1) is 16.3. The highest BCUT2D eigenvalue weighted by Crippen LogP contribution is 2.31. The average molecular weight is 492 g/mol. The standard InChI is InChI=1S/C24H27ClFN3O5/c1-3-33-22(30)13-27-24(32)28-15-17-6-4-5-7-21(17)29(14-16(28)2)23(31)19-9-8-18(12-20(19)25)34-11-10-26/h4-9,12,16H,3,10-11,13-15H2,1-2H3,(H,27,32)/t16-/m1/s1. The Morgan fingerprint density at radius 1 is 1.21 bits per heavy atom. The van der Waals surface area contributed by atoms with Crippen LogP contribution in [0.3, 0.4) is 0 Å². The van der Waals surface area contributed by atoms with Gasteiger partial charge >= 0.3 is 12.0 Å². The number of hydrogen-bond donors (Lipinski definition) is 1. The zero-order valence-corrected chi connectivity index (χ0v) is 19.8. The van der Waals surface area contributed by atoms with Crippen LogP contribution in [0, 0.1) is 0 Å². The van der Waals surface area contributed by atoms with Gasteiger partial charge in [0.25, 0.3) is 5.91 Å². The molecule has 0 unspecified atom stereocenters. The minimum absolute atomic E-state index is 0.102. The van der Waals surface area contributed by atoms with Crippen molar-refractivity contribution >= 4 is 35.2 Å². The van der Waals surface area contributed by atoms with Crippen LogP contribution in [-0.4, -0.2) is 61.8 Å². The molecule has 1 heterocycles. The van der Waals surface area contributed by atoms with Crippen molar-refractivity contribution in [2.75, 3.05) is 37.9 Å². The van der Waals surface area contributed by atoms with Crippen molar-refractivity contribution in [3.05, 3.63) is 58.6 Å². The van der Waals surface area contributed by atoms with Gasteiger partial charge in [0.1, 0.15) is 25.6 Å². The van der Waals surface area contributed by atoms with Crippen LogP contribution in [0.25, 0.3) is 0 Å². The number of ether oxygens (including phenoxy) is 2. The fourth-order valence-corrected chi connectivity index (χ4v) is 3.95. The number of alkyl halides is 1. The van der Waals surface area contributed by atoms with E-state index in [-0.39, 0.29) is 55.4 Å². The van der Waals surface area contributed by atoms with Crippen LogP contribution >= 0.6 is 11.6 Å². The average Bonchev–Trinajstić information content (AvgIpc) is 2.97. The maximum absolute atomic E-state index is 13.5.